The number of hydrogen-bond donors (Lipinski definition) is 0. The van der Waals surface area contributed by atoms with Gasteiger partial charge in [0.25, 0.3) is 5.91 Å². The van der Waals surface area contributed by atoms with E-state index in [1.807, 2.05) is 0 Å². The number of nitrogens with zero attached hydrogens (tertiary/aromatic N) is 2. The molecular weight excluding hydrogens is 458 g/mol. The van der Waals surface area contributed by atoms with E-state index < -0.39 is 26.2 Å². The van der Waals surface area contributed by atoms with Crippen molar-refractivity contribution in [3.63, 3.8) is 0 Å². The van der Waals surface area contributed by atoms with E-state index in [1.165, 1.54) is 35.4 Å². The Morgan fingerprint density at radius 1 is 1.00 bits per heavy atom. The van der Waals surface area contributed by atoms with E-state index in [4.69, 9.17) is 11.6 Å². The number of amides is 1. The van der Waals surface area contributed by atoms with Gasteiger partial charge in [-0.2, -0.15) is 0 Å². The van der Waals surface area contributed by atoms with Crippen molar-refractivity contribution in [2.45, 2.75) is 22.5 Å². The molecule has 166 valence electrons. The molecule has 1 aliphatic rings. The van der Waals surface area contributed by atoms with Crippen LogP contribution in [-0.4, -0.2) is 37.3 Å². The lowest BCUT2D eigenvalue weighted by molar-refractivity contribution is 0.0692. The van der Waals surface area contributed by atoms with Gasteiger partial charge in [-0.15, -0.1) is 0 Å². The van der Waals surface area contributed by atoms with E-state index in [1.54, 1.807) is 18.2 Å². The highest BCUT2D eigenvalue weighted by Gasteiger charge is 2.50. The second kappa shape index (κ2) is 8.60. The number of carbonyl (C=O) groups is 1. The third kappa shape index (κ3) is 3.89. The minimum atomic E-state index is -4.17. The highest BCUT2D eigenvalue weighted by molar-refractivity contribution is 7.92. The molecule has 1 aromatic heterocycles. The zero-order chi connectivity index (χ0) is 22.9. The smallest absolute Gasteiger partial charge is 0.272 e. The molecule has 0 radical (unpaired) electrons. The van der Waals surface area contributed by atoms with Crippen LogP contribution in [0.4, 0.5) is 8.78 Å². The van der Waals surface area contributed by atoms with E-state index in [0.717, 1.165) is 18.2 Å². The highest BCUT2D eigenvalue weighted by Crippen LogP contribution is 2.45. The Bertz CT molecular complexity index is 1240. The molecule has 0 spiro atoms. The summed E-state index contributed by atoms with van der Waals surface area (Å²) < 4.78 is 54.8. The van der Waals surface area contributed by atoms with E-state index in [9.17, 15) is 22.0 Å². The number of likely N-dealkylation sites (tertiary alicyclic amines) is 1. The summed E-state index contributed by atoms with van der Waals surface area (Å²) in [7, 11) is -4.17. The molecule has 0 atom stereocenters. The summed E-state index contributed by atoms with van der Waals surface area (Å²) in [4.78, 5) is 18.3. The quantitative estimate of drug-likeness (QED) is 0.551. The molecule has 1 fully saturated rings. The average molecular weight is 477 g/mol. The first-order chi connectivity index (χ1) is 15.2. The summed E-state index contributed by atoms with van der Waals surface area (Å²) in [5.41, 5.74) is -0.00474. The SMILES string of the molecule is O=C(c1ccccn1)N1CCC(c2cc(F)ccc2F)(S(=O)(=O)c2ccc(Cl)cc2)CC1. The Balaban J connectivity index is 1.76. The zero-order valence-corrected chi connectivity index (χ0v) is 18.4. The molecule has 1 aliphatic heterocycles. The van der Waals surface area contributed by atoms with E-state index in [-0.39, 0.29) is 48.0 Å². The Morgan fingerprint density at radius 3 is 2.31 bits per heavy atom. The maximum absolute atomic E-state index is 14.9. The molecular formula is C23H19ClF2N2O3S. The topological polar surface area (TPSA) is 67.3 Å². The lowest BCUT2D eigenvalue weighted by Gasteiger charge is -2.41. The number of hydrogen-bond acceptors (Lipinski definition) is 4. The van der Waals surface area contributed by atoms with Crippen molar-refractivity contribution in [1.82, 2.24) is 9.88 Å². The van der Waals surface area contributed by atoms with Crippen LogP contribution in [0.5, 0.6) is 0 Å². The van der Waals surface area contributed by atoms with Crippen LogP contribution < -0.4 is 0 Å². The fraction of sp³-hybridized carbons (Fsp3) is 0.217. The van der Waals surface area contributed by atoms with Crippen molar-refractivity contribution in [3.8, 4) is 0 Å². The fourth-order valence-electron chi connectivity index (χ4n) is 4.09. The van der Waals surface area contributed by atoms with Gasteiger partial charge in [-0.25, -0.2) is 17.2 Å². The molecule has 0 bridgehead atoms. The summed E-state index contributed by atoms with van der Waals surface area (Å²) in [6.07, 6.45) is 1.29. The minimum absolute atomic E-state index is 0.0399. The summed E-state index contributed by atoms with van der Waals surface area (Å²) in [5, 5.41) is 0.353. The van der Waals surface area contributed by atoms with E-state index in [2.05, 4.69) is 4.98 Å². The highest BCUT2D eigenvalue weighted by atomic mass is 35.5. The standard InChI is InChI=1S/C23H19ClF2N2O3S/c24-16-4-7-18(8-5-16)32(30,31)23(19-15-17(25)6-9-20(19)26)10-13-28(14-11-23)22(29)21-3-1-2-12-27-21/h1-9,12,15H,10-11,13-14H2. The minimum Gasteiger partial charge on any atom is -0.337 e. The van der Waals surface area contributed by atoms with Gasteiger partial charge in [-0.3, -0.25) is 9.78 Å². The van der Waals surface area contributed by atoms with Crippen molar-refractivity contribution in [1.29, 1.82) is 0 Å². The normalized spacial score (nSPS) is 16.0. The van der Waals surface area contributed by atoms with E-state index >= 15 is 0 Å². The molecule has 5 nitrogen and oxygen atoms in total. The maximum atomic E-state index is 14.9. The van der Waals surface area contributed by atoms with Gasteiger partial charge < -0.3 is 4.90 Å². The fourth-order valence-corrected chi connectivity index (χ4v) is 6.33. The molecule has 0 saturated carbocycles. The summed E-state index contributed by atoms with van der Waals surface area (Å²) in [6.45, 7) is 0.0797. The van der Waals surface area contributed by atoms with Crippen LogP contribution in [0.3, 0.4) is 0 Å². The molecule has 2 aromatic carbocycles. The lowest BCUT2D eigenvalue weighted by Crippen LogP contribution is -2.49. The van der Waals surface area contributed by atoms with Crippen LogP contribution in [0.25, 0.3) is 0 Å². The first kappa shape index (κ1) is 22.4. The van der Waals surface area contributed by atoms with Gasteiger partial charge in [-0.05, 0) is 67.4 Å². The number of rotatable bonds is 4. The molecule has 0 N–H and O–H groups in total. The van der Waals surface area contributed by atoms with Gasteiger partial charge in [0, 0.05) is 29.9 Å². The number of sulfone groups is 1. The second-order valence-electron chi connectivity index (χ2n) is 7.58. The van der Waals surface area contributed by atoms with Gasteiger partial charge in [-0.1, -0.05) is 17.7 Å². The molecule has 0 unspecified atom stereocenters. The number of aromatic nitrogens is 1. The van der Waals surface area contributed by atoms with Gasteiger partial charge in [0.15, 0.2) is 9.84 Å². The Hall–Kier alpha value is -2.84. The number of halogens is 3. The van der Waals surface area contributed by atoms with Gasteiger partial charge in [0.05, 0.1) is 4.90 Å². The monoisotopic (exact) mass is 476 g/mol. The first-order valence-corrected chi connectivity index (χ1v) is 11.8. The Morgan fingerprint density at radius 2 is 1.69 bits per heavy atom. The van der Waals surface area contributed by atoms with Crippen molar-refractivity contribution in [2.75, 3.05) is 13.1 Å². The van der Waals surface area contributed by atoms with Crippen LogP contribution >= 0.6 is 11.6 Å². The van der Waals surface area contributed by atoms with Gasteiger partial charge in [0.1, 0.15) is 22.1 Å². The van der Waals surface area contributed by atoms with Crippen LogP contribution in [0.15, 0.2) is 71.8 Å². The Kier molecular flexibility index (Phi) is 6.01. The van der Waals surface area contributed by atoms with Gasteiger partial charge in [0.2, 0.25) is 0 Å². The lowest BCUT2D eigenvalue weighted by atomic mass is 9.87. The number of pyridine rings is 1. The molecule has 2 heterocycles. The van der Waals surface area contributed by atoms with Crippen LogP contribution in [0, 0.1) is 11.6 Å². The van der Waals surface area contributed by atoms with E-state index in [0.29, 0.717) is 5.02 Å². The van der Waals surface area contributed by atoms with Crippen molar-refractivity contribution in [3.05, 3.63) is 94.8 Å². The number of carbonyl (C=O) groups excluding carboxylic acids is 1. The molecule has 9 heteroatoms. The second-order valence-corrected chi connectivity index (χ2v) is 10.3. The molecule has 3 aromatic rings. The average Bonchev–Trinajstić information content (AvgIpc) is 2.81. The van der Waals surface area contributed by atoms with Gasteiger partial charge >= 0.3 is 0 Å². The van der Waals surface area contributed by atoms with Crippen LogP contribution in [0.2, 0.25) is 5.02 Å². The van der Waals surface area contributed by atoms with Crippen LogP contribution in [-0.2, 0) is 14.6 Å². The molecule has 1 saturated heterocycles. The first-order valence-electron chi connectivity index (χ1n) is 9.91. The molecule has 1 amide bonds. The van der Waals surface area contributed by atoms with Crippen molar-refractivity contribution >= 4 is 27.3 Å². The molecule has 4 rings (SSSR count). The van der Waals surface area contributed by atoms with Crippen molar-refractivity contribution in [2.24, 2.45) is 0 Å². The Labute approximate surface area is 189 Å². The molecule has 32 heavy (non-hydrogen) atoms. The number of piperidine rings is 1. The van der Waals surface area contributed by atoms with Crippen molar-refractivity contribution < 1.29 is 22.0 Å². The number of benzene rings is 2. The third-order valence-corrected chi connectivity index (χ3v) is 8.60. The summed E-state index contributed by atoms with van der Waals surface area (Å²) in [5.74, 6) is -1.89. The predicted molar refractivity (Wildman–Crippen MR) is 116 cm³/mol. The van der Waals surface area contributed by atoms with Crippen LogP contribution in [0.1, 0.15) is 28.9 Å². The summed E-state index contributed by atoms with van der Waals surface area (Å²) >= 11 is 5.90. The predicted octanol–water partition coefficient (Wildman–Crippen LogP) is 4.62. The summed E-state index contributed by atoms with van der Waals surface area (Å²) in [6, 6.07) is 13.3. The zero-order valence-electron chi connectivity index (χ0n) is 16.8. The third-order valence-electron chi connectivity index (χ3n) is 5.80. The largest absolute Gasteiger partial charge is 0.337 e. The molecule has 0 aliphatic carbocycles. The maximum Gasteiger partial charge on any atom is 0.272 e.